The summed E-state index contributed by atoms with van der Waals surface area (Å²) in [5.41, 5.74) is -0.613. The van der Waals surface area contributed by atoms with Gasteiger partial charge in [0, 0.05) is 5.56 Å². The minimum absolute atomic E-state index is 0. The first-order valence-corrected chi connectivity index (χ1v) is 5.48. The van der Waals surface area contributed by atoms with Crippen molar-refractivity contribution >= 4 is 18.5 Å². The van der Waals surface area contributed by atoms with Crippen LogP contribution in [0.5, 0.6) is 11.5 Å². The van der Waals surface area contributed by atoms with Gasteiger partial charge in [0.2, 0.25) is 0 Å². The first-order chi connectivity index (χ1) is 9.58. The summed E-state index contributed by atoms with van der Waals surface area (Å²) in [5.74, 6) is -5.12. The average Bonchev–Trinajstić information content (AvgIpc) is 2.33. The number of aromatic hydroxyl groups is 1. The molecule has 1 amide bonds. The molecule has 0 bridgehead atoms. The highest BCUT2D eigenvalue weighted by Gasteiger charge is 2.48. The van der Waals surface area contributed by atoms with Crippen molar-refractivity contribution in [3.63, 3.8) is 0 Å². The second-order valence-corrected chi connectivity index (χ2v) is 4.18. The predicted molar refractivity (Wildman–Crippen MR) is 64.2 cm³/mol. The molecule has 124 valence electrons. The van der Waals surface area contributed by atoms with Crippen molar-refractivity contribution < 1.29 is 41.3 Å². The van der Waals surface area contributed by atoms with E-state index in [0.717, 1.165) is 12.1 Å². The molecule has 1 saturated heterocycles. The lowest BCUT2D eigenvalue weighted by Gasteiger charge is -2.32. The van der Waals surface area contributed by atoms with Gasteiger partial charge in [-0.05, 0) is 18.2 Å². The molecule has 0 unspecified atom stereocenters. The molecular formula is C11H9ClF5NO4. The van der Waals surface area contributed by atoms with E-state index < -0.39 is 48.1 Å². The van der Waals surface area contributed by atoms with Crippen LogP contribution in [0.15, 0.2) is 18.2 Å². The van der Waals surface area contributed by atoms with Crippen LogP contribution in [0, 0.1) is 0 Å². The Morgan fingerprint density at radius 3 is 2.59 bits per heavy atom. The van der Waals surface area contributed by atoms with E-state index >= 15 is 0 Å². The maximum atomic E-state index is 13.7. The molecule has 0 radical (unpaired) electrons. The van der Waals surface area contributed by atoms with Gasteiger partial charge in [0.05, 0.1) is 0 Å². The van der Waals surface area contributed by atoms with E-state index in [0.29, 0.717) is 6.07 Å². The number of phenols is 1. The number of alkyl carbamates (subject to hydrolysis) is 1. The van der Waals surface area contributed by atoms with Gasteiger partial charge in [0.15, 0.2) is 6.61 Å². The zero-order valence-electron chi connectivity index (χ0n) is 10.5. The van der Waals surface area contributed by atoms with Crippen LogP contribution in [0.3, 0.4) is 0 Å². The molecule has 2 rings (SSSR count). The number of ether oxygens (including phenoxy) is 2. The molecule has 1 aromatic carbocycles. The quantitative estimate of drug-likeness (QED) is 0.805. The number of alkyl halides is 5. The molecule has 1 atom stereocenters. The first kappa shape index (κ1) is 18.1. The molecule has 22 heavy (non-hydrogen) atoms. The van der Waals surface area contributed by atoms with E-state index in [-0.39, 0.29) is 12.4 Å². The van der Waals surface area contributed by atoms with Gasteiger partial charge in [-0.15, -0.1) is 25.6 Å². The number of halogens is 6. The van der Waals surface area contributed by atoms with E-state index in [1.54, 1.807) is 5.32 Å². The van der Waals surface area contributed by atoms with E-state index in [4.69, 9.17) is 0 Å². The monoisotopic (exact) mass is 349 g/mol. The molecule has 0 aliphatic carbocycles. The van der Waals surface area contributed by atoms with Gasteiger partial charge in [-0.2, -0.15) is 0 Å². The molecule has 0 spiro atoms. The second-order valence-electron chi connectivity index (χ2n) is 4.18. The number of cyclic esters (lactones) is 1. The highest BCUT2D eigenvalue weighted by atomic mass is 35.5. The number of hydrogen-bond acceptors (Lipinski definition) is 4. The Balaban J connectivity index is 0.00000242. The number of phenolic OH excluding ortho intramolecular Hbond substituents is 1. The van der Waals surface area contributed by atoms with Crippen molar-refractivity contribution in [2.75, 3.05) is 6.61 Å². The summed E-state index contributed by atoms with van der Waals surface area (Å²) in [4.78, 5) is 11.0. The fraction of sp³-hybridized carbons (Fsp3) is 0.364. The Hall–Kier alpha value is -1.97. The van der Waals surface area contributed by atoms with Crippen LogP contribution in [0.25, 0.3) is 0 Å². The molecule has 1 aromatic rings. The maximum absolute atomic E-state index is 13.7. The summed E-state index contributed by atoms with van der Waals surface area (Å²) < 4.78 is 71.3. The summed E-state index contributed by atoms with van der Waals surface area (Å²) in [6, 6.07) is 0.0581. The Bertz CT molecular complexity index is 566. The molecule has 11 heteroatoms. The van der Waals surface area contributed by atoms with Gasteiger partial charge in [0.1, 0.15) is 17.5 Å². The number of amides is 1. The van der Waals surface area contributed by atoms with Crippen molar-refractivity contribution in [1.29, 1.82) is 0 Å². The molecule has 0 aromatic heterocycles. The van der Waals surface area contributed by atoms with Gasteiger partial charge < -0.3 is 19.9 Å². The lowest BCUT2D eigenvalue weighted by molar-refractivity contribution is -0.274. The Kier molecular flexibility index (Phi) is 4.96. The fourth-order valence-electron chi connectivity index (χ4n) is 1.78. The van der Waals surface area contributed by atoms with E-state index in [1.807, 2.05) is 0 Å². The van der Waals surface area contributed by atoms with Gasteiger partial charge in [-0.25, -0.2) is 13.6 Å². The van der Waals surface area contributed by atoms with Crippen LogP contribution >= 0.6 is 12.4 Å². The molecule has 1 heterocycles. The predicted octanol–water partition coefficient (Wildman–Crippen LogP) is 3.13. The van der Waals surface area contributed by atoms with Crippen LogP contribution < -0.4 is 10.1 Å². The van der Waals surface area contributed by atoms with Crippen molar-refractivity contribution in [2.24, 2.45) is 0 Å². The topological polar surface area (TPSA) is 67.8 Å². The number of benzene rings is 1. The lowest BCUT2D eigenvalue weighted by Crippen LogP contribution is -2.49. The van der Waals surface area contributed by atoms with Crippen LogP contribution in [0.1, 0.15) is 11.6 Å². The zero-order valence-corrected chi connectivity index (χ0v) is 11.3. The lowest BCUT2D eigenvalue weighted by atomic mass is 9.99. The average molecular weight is 350 g/mol. The smallest absolute Gasteiger partial charge is 0.508 e. The number of rotatable bonds is 2. The van der Waals surface area contributed by atoms with Crippen molar-refractivity contribution in [1.82, 2.24) is 5.32 Å². The highest BCUT2D eigenvalue weighted by molar-refractivity contribution is 5.85. The van der Waals surface area contributed by atoms with Crippen molar-refractivity contribution in [3.05, 3.63) is 23.8 Å². The third-order valence-corrected chi connectivity index (χ3v) is 2.62. The molecular weight excluding hydrogens is 341 g/mol. The Morgan fingerprint density at radius 1 is 1.36 bits per heavy atom. The van der Waals surface area contributed by atoms with Gasteiger partial charge in [0.25, 0.3) is 0 Å². The summed E-state index contributed by atoms with van der Waals surface area (Å²) in [5, 5.41) is 11.3. The van der Waals surface area contributed by atoms with E-state index in [9.17, 15) is 31.9 Å². The number of carbonyl (C=O) groups excluding carboxylic acids is 1. The van der Waals surface area contributed by atoms with Gasteiger partial charge >= 0.3 is 18.4 Å². The van der Waals surface area contributed by atoms with Crippen molar-refractivity contribution in [2.45, 2.75) is 18.3 Å². The van der Waals surface area contributed by atoms with Crippen molar-refractivity contribution in [3.8, 4) is 11.5 Å². The van der Waals surface area contributed by atoms with Gasteiger partial charge in [-0.3, -0.25) is 0 Å². The zero-order chi connectivity index (χ0) is 15.8. The van der Waals surface area contributed by atoms with E-state index in [2.05, 4.69) is 9.47 Å². The van der Waals surface area contributed by atoms with Crippen LogP contribution in [-0.4, -0.2) is 30.1 Å². The molecule has 2 N–H and O–H groups in total. The number of hydrogen-bond donors (Lipinski definition) is 2. The fourth-order valence-corrected chi connectivity index (χ4v) is 1.78. The Labute approximate surface area is 126 Å². The third kappa shape index (κ3) is 4.03. The normalized spacial score (nSPS) is 20.4. The SMILES string of the molecule is Cl.O=C1N[C@@H](c2cc(OC(F)(F)F)ccc2O)C(F)(F)CO1. The van der Waals surface area contributed by atoms with E-state index in [1.165, 1.54) is 0 Å². The summed E-state index contributed by atoms with van der Waals surface area (Å²) in [7, 11) is 0. The highest BCUT2D eigenvalue weighted by Crippen LogP contribution is 2.40. The number of nitrogens with one attached hydrogen (secondary N) is 1. The van der Waals surface area contributed by atoms with Crippen LogP contribution in [0.4, 0.5) is 26.7 Å². The Morgan fingerprint density at radius 2 is 2.00 bits per heavy atom. The largest absolute Gasteiger partial charge is 0.573 e. The molecule has 5 nitrogen and oxygen atoms in total. The minimum Gasteiger partial charge on any atom is -0.508 e. The summed E-state index contributed by atoms with van der Waals surface area (Å²) in [6.45, 7) is -1.26. The molecule has 0 saturated carbocycles. The minimum atomic E-state index is -5.02. The maximum Gasteiger partial charge on any atom is 0.573 e. The van der Waals surface area contributed by atoms with Gasteiger partial charge in [-0.1, -0.05) is 0 Å². The molecule has 1 aliphatic rings. The van der Waals surface area contributed by atoms with Crippen LogP contribution in [0.2, 0.25) is 0 Å². The number of carbonyl (C=O) groups is 1. The molecule has 1 aliphatic heterocycles. The first-order valence-electron chi connectivity index (χ1n) is 5.48. The standard InChI is InChI=1S/C11H8F5NO4.ClH/c12-10(13)4-20-9(19)17-8(10)6-3-5(1-2-7(6)18)21-11(14,15)16;/h1-3,8,18H,4H2,(H,17,19);1H/t8-;/m0./s1. The summed E-state index contributed by atoms with van der Waals surface area (Å²) >= 11 is 0. The second kappa shape index (κ2) is 6.03. The molecule has 1 fully saturated rings. The third-order valence-electron chi connectivity index (χ3n) is 2.62. The van der Waals surface area contributed by atoms with Crippen LogP contribution in [-0.2, 0) is 4.74 Å². The summed E-state index contributed by atoms with van der Waals surface area (Å²) in [6.07, 6.45) is -6.19.